The van der Waals surface area contributed by atoms with Crippen molar-refractivity contribution in [2.45, 2.75) is 52.5 Å². The fraction of sp³-hybridized carbons (Fsp3) is 0.706. The molecule has 8 heteroatoms. The van der Waals surface area contributed by atoms with Crippen LogP contribution in [-0.4, -0.2) is 44.8 Å². The van der Waals surface area contributed by atoms with Crippen LogP contribution in [0.3, 0.4) is 0 Å². The van der Waals surface area contributed by atoms with Crippen LogP contribution in [0.5, 0.6) is 0 Å². The molecule has 0 aliphatic carbocycles. The molecule has 1 N–H and O–H groups in total. The molecule has 0 bridgehead atoms. The Hall–Kier alpha value is -1.99. The van der Waals surface area contributed by atoms with E-state index in [1.54, 1.807) is 4.90 Å². The van der Waals surface area contributed by atoms with Crippen LogP contribution in [0, 0.1) is 11.8 Å². The molecule has 1 unspecified atom stereocenters. The molecule has 1 amide bonds. The van der Waals surface area contributed by atoms with Gasteiger partial charge in [0.2, 0.25) is 0 Å². The number of alkyl halides is 2. The van der Waals surface area contributed by atoms with Gasteiger partial charge in [0.25, 0.3) is 12.3 Å². The first kappa shape index (κ1) is 19.3. The highest BCUT2D eigenvalue weighted by molar-refractivity contribution is 5.95. The number of carboxylic acids is 1. The fourth-order valence-electron chi connectivity index (χ4n) is 3.26. The molecule has 1 saturated heterocycles. The number of aromatic nitrogens is 2. The zero-order valence-corrected chi connectivity index (χ0v) is 14.6. The predicted octanol–water partition coefficient (Wildman–Crippen LogP) is 3.19. The molecular weight excluding hydrogens is 332 g/mol. The Labute approximate surface area is 145 Å². The average Bonchev–Trinajstić information content (AvgIpc) is 2.95. The van der Waals surface area contributed by atoms with Gasteiger partial charge in [-0.15, -0.1) is 0 Å². The smallest absolute Gasteiger partial charge is 0.303 e. The van der Waals surface area contributed by atoms with E-state index in [2.05, 4.69) is 5.10 Å². The van der Waals surface area contributed by atoms with Crippen molar-refractivity contribution in [3.05, 3.63) is 17.5 Å². The molecular formula is C17H25F2N3O3. The van der Waals surface area contributed by atoms with Gasteiger partial charge < -0.3 is 10.0 Å². The molecule has 1 fully saturated rings. The predicted molar refractivity (Wildman–Crippen MR) is 87.5 cm³/mol. The summed E-state index contributed by atoms with van der Waals surface area (Å²) in [4.78, 5) is 25.0. The summed E-state index contributed by atoms with van der Waals surface area (Å²) in [6.45, 7) is 5.03. The highest BCUT2D eigenvalue weighted by atomic mass is 19.3. The summed E-state index contributed by atoms with van der Waals surface area (Å²) in [5, 5.41) is 12.8. The van der Waals surface area contributed by atoms with Crippen molar-refractivity contribution in [3.8, 4) is 0 Å². The Morgan fingerprint density at radius 3 is 2.72 bits per heavy atom. The molecule has 0 aromatic carbocycles. The van der Waals surface area contributed by atoms with E-state index in [-0.39, 0.29) is 29.5 Å². The number of hydrogen-bond acceptors (Lipinski definition) is 3. The van der Waals surface area contributed by atoms with E-state index in [9.17, 15) is 18.4 Å². The summed E-state index contributed by atoms with van der Waals surface area (Å²) in [6, 6.07) is 0. The second-order valence-corrected chi connectivity index (χ2v) is 7.01. The molecule has 6 nitrogen and oxygen atoms in total. The minimum absolute atomic E-state index is 0.0467. The topological polar surface area (TPSA) is 75.4 Å². The molecule has 1 aromatic rings. The first-order chi connectivity index (χ1) is 11.8. The van der Waals surface area contributed by atoms with Crippen molar-refractivity contribution in [3.63, 3.8) is 0 Å². The van der Waals surface area contributed by atoms with Crippen LogP contribution in [0.25, 0.3) is 0 Å². The summed E-state index contributed by atoms with van der Waals surface area (Å²) in [6.07, 6.45) is 0.612. The number of rotatable bonds is 7. The van der Waals surface area contributed by atoms with Crippen molar-refractivity contribution in [1.29, 1.82) is 0 Å². The summed E-state index contributed by atoms with van der Waals surface area (Å²) in [7, 11) is 0. The van der Waals surface area contributed by atoms with E-state index >= 15 is 0 Å². The largest absolute Gasteiger partial charge is 0.481 e. The quantitative estimate of drug-likeness (QED) is 0.813. The van der Waals surface area contributed by atoms with E-state index in [1.807, 2.05) is 13.8 Å². The van der Waals surface area contributed by atoms with Crippen LogP contribution in [0.2, 0.25) is 0 Å². The lowest BCUT2D eigenvalue weighted by molar-refractivity contribution is -0.137. The van der Waals surface area contributed by atoms with Gasteiger partial charge in [0.1, 0.15) is 5.69 Å². The van der Waals surface area contributed by atoms with Gasteiger partial charge in [-0.05, 0) is 31.1 Å². The van der Waals surface area contributed by atoms with Gasteiger partial charge in [-0.2, -0.15) is 5.10 Å². The third-order valence-electron chi connectivity index (χ3n) is 4.43. The Morgan fingerprint density at radius 2 is 2.12 bits per heavy atom. The van der Waals surface area contributed by atoms with Gasteiger partial charge in [-0.25, -0.2) is 8.78 Å². The number of carboxylic acid groups (broad SMARTS) is 1. The SMILES string of the molecule is CC(C)Cn1ncc(C(=O)N2CCCC(CCC(=O)O)C2)c1C(F)F. The molecule has 25 heavy (non-hydrogen) atoms. The molecule has 0 spiro atoms. The Balaban J connectivity index is 2.13. The van der Waals surface area contributed by atoms with E-state index in [0.717, 1.165) is 12.8 Å². The lowest BCUT2D eigenvalue weighted by atomic mass is 9.93. The minimum atomic E-state index is -2.77. The number of carbonyl (C=O) groups excluding carboxylic acids is 1. The van der Waals surface area contributed by atoms with Gasteiger partial charge in [-0.3, -0.25) is 14.3 Å². The second kappa shape index (κ2) is 8.40. The Bertz CT molecular complexity index is 616. The van der Waals surface area contributed by atoms with Crippen molar-refractivity contribution in [1.82, 2.24) is 14.7 Å². The maximum atomic E-state index is 13.5. The monoisotopic (exact) mass is 357 g/mol. The van der Waals surface area contributed by atoms with Gasteiger partial charge in [-0.1, -0.05) is 13.8 Å². The number of carbonyl (C=O) groups is 2. The van der Waals surface area contributed by atoms with Gasteiger partial charge in [0, 0.05) is 26.1 Å². The highest BCUT2D eigenvalue weighted by Crippen LogP contribution is 2.27. The Morgan fingerprint density at radius 1 is 1.40 bits per heavy atom. The van der Waals surface area contributed by atoms with E-state index in [4.69, 9.17) is 5.11 Å². The number of likely N-dealkylation sites (tertiary alicyclic amines) is 1. The summed E-state index contributed by atoms with van der Waals surface area (Å²) >= 11 is 0. The molecule has 2 rings (SSSR count). The molecule has 1 aromatic heterocycles. The van der Waals surface area contributed by atoms with Crippen molar-refractivity contribution in [2.75, 3.05) is 13.1 Å². The average molecular weight is 357 g/mol. The molecule has 140 valence electrons. The zero-order valence-electron chi connectivity index (χ0n) is 14.6. The van der Waals surface area contributed by atoms with Gasteiger partial charge >= 0.3 is 5.97 Å². The van der Waals surface area contributed by atoms with E-state index < -0.39 is 18.3 Å². The number of nitrogens with zero attached hydrogens (tertiary/aromatic N) is 3. The first-order valence-corrected chi connectivity index (χ1v) is 8.64. The Kier molecular flexibility index (Phi) is 6.50. The number of piperidine rings is 1. The van der Waals surface area contributed by atoms with E-state index in [0.29, 0.717) is 26.1 Å². The van der Waals surface area contributed by atoms with Crippen molar-refractivity contribution in [2.24, 2.45) is 11.8 Å². The normalized spacial score (nSPS) is 18.2. The molecule has 0 radical (unpaired) electrons. The van der Waals surface area contributed by atoms with Crippen LogP contribution in [-0.2, 0) is 11.3 Å². The molecule has 0 saturated carbocycles. The van der Waals surface area contributed by atoms with Crippen LogP contribution in [0.1, 0.15) is 62.0 Å². The standard InChI is InChI=1S/C17H25F2N3O3/c1-11(2)9-22-15(16(18)19)13(8-20-22)17(25)21-7-3-4-12(10-21)5-6-14(23)24/h8,11-12,16H,3-7,9-10H2,1-2H3,(H,23,24). The van der Waals surface area contributed by atoms with Crippen LogP contribution >= 0.6 is 0 Å². The highest BCUT2D eigenvalue weighted by Gasteiger charge is 2.30. The number of amides is 1. The second-order valence-electron chi connectivity index (χ2n) is 7.01. The van der Waals surface area contributed by atoms with Crippen LogP contribution < -0.4 is 0 Å². The summed E-state index contributed by atoms with van der Waals surface area (Å²) in [5.74, 6) is -1.08. The van der Waals surface area contributed by atoms with Gasteiger partial charge in [0.05, 0.1) is 11.8 Å². The molecule has 2 heterocycles. The lowest BCUT2D eigenvalue weighted by Crippen LogP contribution is -2.40. The maximum Gasteiger partial charge on any atom is 0.303 e. The van der Waals surface area contributed by atoms with Crippen LogP contribution in [0.15, 0.2) is 6.20 Å². The summed E-state index contributed by atoms with van der Waals surface area (Å²) < 4.78 is 28.2. The maximum absolute atomic E-state index is 13.5. The minimum Gasteiger partial charge on any atom is -0.481 e. The van der Waals surface area contributed by atoms with Crippen molar-refractivity contribution < 1.29 is 23.5 Å². The van der Waals surface area contributed by atoms with Crippen LogP contribution in [0.4, 0.5) is 8.78 Å². The molecule has 1 atom stereocenters. The van der Waals surface area contributed by atoms with Gasteiger partial charge in [0.15, 0.2) is 0 Å². The third-order valence-corrected chi connectivity index (χ3v) is 4.43. The lowest BCUT2D eigenvalue weighted by Gasteiger charge is -2.32. The number of halogens is 2. The summed E-state index contributed by atoms with van der Waals surface area (Å²) in [5.41, 5.74) is -0.374. The third kappa shape index (κ3) is 4.99. The first-order valence-electron chi connectivity index (χ1n) is 8.64. The number of aliphatic carboxylic acids is 1. The fourth-order valence-corrected chi connectivity index (χ4v) is 3.26. The van der Waals surface area contributed by atoms with E-state index in [1.165, 1.54) is 10.9 Å². The zero-order chi connectivity index (χ0) is 18.6. The molecule has 1 aliphatic rings. The van der Waals surface area contributed by atoms with Crippen molar-refractivity contribution >= 4 is 11.9 Å². The molecule has 1 aliphatic heterocycles. The number of hydrogen-bond donors (Lipinski definition) is 1.